The first-order valence-electron chi connectivity index (χ1n) is 6.35. The van der Waals surface area contributed by atoms with Gasteiger partial charge in [0.2, 0.25) is 0 Å². The molecule has 100 valence electrons. The number of aryl methyl sites for hydroxylation is 1. The Labute approximate surface area is 118 Å². The molecule has 0 spiro atoms. The molecule has 0 aliphatic heterocycles. The minimum absolute atomic E-state index is 0.0191. The zero-order valence-corrected chi connectivity index (χ0v) is 12.1. The molecule has 1 aromatic heterocycles. The van der Waals surface area contributed by atoms with Crippen LogP contribution >= 0.6 is 11.8 Å². The Morgan fingerprint density at radius 2 is 2.00 bits per heavy atom. The quantitative estimate of drug-likeness (QED) is 0.499. The van der Waals surface area contributed by atoms with Crippen molar-refractivity contribution in [2.75, 3.05) is 5.75 Å². The Morgan fingerprint density at radius 3 is 2.58 bits per heavy atom. The van der Waals surface area contributed by atoms with Gasteiger partial charge in [0.25, 0.3) is 0 Å². The van der Waals surface area contributed by atoms with Crippen LogP contribution in [0.2, 0.25) is 0 Å². The van der Waals surface area contributed by atoms with E-state index in [-0.39, 0.29) is 6.04 Å². The molecule has 2 aromatic rings. The van der Waals surface area contributed by atoms with E-state index in [4.69, 9.17) is 5.84 Å². The number of hydrogen-bond acceptors (Lipinski definition) is 4. The van der Waals surface area contributed by atoms with Crippen molar-refractivity contribution in [3.63, 3.8) is 0 Å². The van der Waals surface area contributed by atoms with Crippen molar-refractivity contribution in [1.82, 2.24) is 10.4 Å². The molecule has 0 saturated heterocycles. The van der Waals surface area contributed by atoms with Crippen molar-refractivity contribution < 1.29 is 0 Å². The smallest absolute Gasteiger partial charge is 0.0727 e. The summed E-state index contributed by atoms with van der Waals surface area (Å²) in [6.45, 7) is 4.23. The van der Waals surface area contributed by atoms with Crippen LogP contribution in [0.5, 0.6) is 0 Å². The molecule has 0 bridgehead atoms. The molecule has 2 rings (SSSR count). The van der Waals surface area contributed by atoms with Gasteiger partial charge in [0.1, 0.15) is 0 Å². The van der Waals surface area contributed by atoms with Gasteiger partial charge in [-0.05, 0) is 47.6 Å². The molecule has 3 nitrogen and oxygen atoms in total. The summed E-state index contributed by atoms with van der Waals surface area (Å²) in [5, 5.41) is 0. The first-order valence-corrected chi connectivity index (χ1v) is 7.34. The standard InChI is InChI=1S/C15H19N3S/c1-3-19-13-6-4-12(5-7-13)15(18-16)14-10-17-9-8-11(14)2/h4-10,15,18H,3,16H2,1-2H3. The number of hydrazine groups is 1. The fourth-order valence-electron chi connectivity index (χ4n) is 2.07. The topological polar surface area (TPSA) is 50.9 Å². The zero-order valence-electron chi connectivity index (χ0n) is 11.3. The van der Waals surface area contributed by atoms with E-state index in [1.807, 2.05) is 24.0 Å². The Morgan fingerprint density at radius 1 is 1.26 bits per heavy atom. The van der Waals surface area contributed by atoms with Gasteiger partial charge in [-0.3, -0.25) is 10.8 Å². The van der Waals surface area contributed by atoms with E-state index < -0.39 is 0 Å². The molecule has 0 aliphatic rings. The van der Waals surface area contributed by atoms with Crippen molar-refractivity contribution in [2.45, 2.75) is 24.8 Å². The monoisotopic (exact) mass is 273 g/mol. The number of hydrogen-bond donors (Lipinski definition) is 2. The summed E-state index contributed by atoms with van der Waals surface area (Å²) in [7, 11) is 0. The van der Waals surface area contributed by atoms with Gasteiger partial charge in [-0.2, -0.15) is 0 Å². The Balaban J connectivity index is 2.29. The van der Waals surface area contributed by atoms with E-state index in [2.05, 4.69) is 48.5 Å². The molecule has 0 aliphatic carbocycles. The van der Waals surface area contributed by atoms with Gasteiger partial charge in [-0.15, -0.1) is 11.8 Å². The fraction of sp³-hybridized carbons (Fsp3) is 0.267. The molecule has 0 saturated carbocycles. The van der Waals surface area contributed by atoms with Crippen LogP contribution in [-0.4, -0.2) is 10.7 Å². The highest BCUT2D eigenvalue weighted by atomic mass is 32.2. The first-order chi connectivity index (χ1) is 9.26. The average molecular weight is 273 g/mol. The molecule has 0 radical (unpaired) electrons. The van der Waals surface area contributed by atoms with Crippen molar-refractivity contribution in [1.29, 1.82) is 0 Å². The van der Waals surface area contributed by atoms with Crippen LogP contribution in [0.4, 0.5) is 0 Å². The lowest BCUT2D eigenvalue weighted by Gasteiger charge is -2.18. The van der Waals surface area contributed by atoms with E-state index >= 15 is 0 Å². The molecule has 0 amide bonds. The van der Waals surface area contributed by atoms with E-state index in [9.17, 15) is 0 Å². The van der Waals surface area contributed by atoms with Crippen LogP contribution in [0.15, 0.2) is 47.6 Å². The lowest BCUT2D eigenvalue weighted by molar-refractivity contribution is 0.631. The Hall–Kier alpha value is -1.36. The maximum Gasteiger partial charge on any atom is 0.0727 e. The van der Waals surface area contributed by atoms with Gasteiger partial charge in [-0.1, -0.05) is 19.1 Å². The predicted molar refractivity (Wildman–Crippen MR) is 81.0 cm³/mol. The average Bonchev–Trinajstić information content (AvgIpc) is 2.44. The van der Waals surface area contributed by atoms with Crippen molar-refractivity contribution in [3.05, 3.63) is 59.4 Å². The number of pyridine rings is 1. The fourth-order valence-corrected chi connectivity index (χ4v) is 2.73. The lowest BCUT2D eigenvalue weighted by Crippen LogP contribution is -2.29. The largest absolute Gasteiger partial charge is 0.271 e. The third kappa shape index (κ3) is 3.35. The lowest BCUT2D eigenvalue weighted by atomic mass is 9.97. The van der Waals surface area contributed by atoms with Crippen molar-refractivity contribution in [2.24, 2.45) is 5.84 Å². The molecule has 3 N–H and O–H groups in total. The zero-order chi connectivity index (χ0) is 13.7. The number of benzene rings is 1. The van der Waals surface area contributed by atoms with Crippen LogP contribution in [0.3, 0.4) is 0 Å². The van der Waals surface area contributed by atoms with Crippen LogP contribution in [0.1, 0.15) is 29.7 Å². The molecule has 1 atom stereocenters. The highest BCUT2D eigenvalue weighted by molar-refractivity contribution is 7.99. The van der Waals surface area contributed by atoms with E-state index in [0.717, 1.165) is 16.9 Å². The van der Waals surface area contributed by atoms with Gasteiger partial charge in [0, 0.05) is 17.3 Å². The minimum Gasteiger partial charge on any atom is -0.271 e. The highest BCUT2D eigenvalue weighted by Gasteiger charge is 2.14. The number of thioether (sulfide) groups is 1. The van der Waals surface area contributed by atoms with Gasteiger partial charge in [0.05, 0.1) is 6.04 Å². The van der Waals surface area contributed by atoms with Gasteiger partial charge in [0.15, 0.2) is 0 Å². The van der Waals surface area contributed by atoms with Crippen LogP contribution in [0, 0.1) is 6.92 Å². The number of nitrogens with two attached hydrogens (primary N) is 1. The van der Waals surface area contributed by atoms with Gasteiger partial charge in [-0.25, -0.2) is 5.43 Å². The second-order valence-corrected chi connectivity index (χ2v) is 5.67. The van der Waals surface area contributed by atoms with E-state index in [1.54, 1.807) is 6.20 Å². The number of rotatable bonds is 5. The molecule has 1 heterocycles. The third-order valence-corrected chi connectivity index (χ3v) is 3.98. The first kappa shape index (κ1) is 14.1. The summed E-state index contributed by atoms with van der Waals surface area (Å²) >= 11 is 1.84. The molecule has 4 heteroatoms. The highest BCUT2D eigenvalue weighted by Crippen LogP contribution is 2.26. The molecule has 1 unspecified atom stereocenters. The van der Waals surface area contributed by atoms with Gasteiger partial charge < -0.3 is 0 Å². The molecule has 19 heavy (non-hydrogen) atoms. The van der Waals surface area contributed by atoms with E-state index in [1.165, 1.54) is 10.5 Å². The third-order valence-electron chi connectivity index (χ3n) is 3.08. The maximum absolute atomic E-state index is 5.72. The number of nitrogens with one attached hydrogen (secondary N) is 1. The molecular formula is C15H19N3S. The number of aromatic nitrogens is 1. The second kappa shape index (κ2) is 6.70. The van der Waals surface area contributed by atoms with Crippen molar-refractivity contribution >= 4 is 11.8 Å². The summed E-state index contributed by atoms with van der Waals surface area (Å²) in [5.41, 5.74) is 6.33. The minimum atomic E-state index is -0.0191. The molecular weight excluding hydrogens is 254 g/mol. The summed E-state index contributed by atoms with van der Waals surface area (Å²) in [4.78, 5) is 5.47. The normalized spacial score (nSPS) is 12.4. The summed E-state index contributed by atoms with van der Waals surface area (Å²) < 4.78 is 0. The molecule has 0 fully saturated rings. The SMILES string of the molecule is CCSc1ccc(C(NN)c2cnccc2C)cc1. The summed E-state index contributed by atoms with van der Waals surface area (Å²) in [5.74, 6) is 6.80. The molecule has 1 aromatic carbocycles. The summed E-state index contributed by atoms with van der Waals surface area (Å²) in [6.07, 6.45) is 3.67. The Bertz CT molecular complexity index is 525. The van der Waals surface area contributed by atoms with Gasteiger partial charge >= 0.3 is 0 Å². The van der Waals surface area contributed by atoms with Crippen LogP contribution < -0.4 is 11.3 Å². The number of nitrogens with zero attached hydrogens (tertiary/aromatic N) is 1. The maximum atomic E-state index is 5.72. The van der Waals surface area contributed by atoms with E-state index in [0.29, 0.717) is 0 Å². The predicted octanol–water partition coefficient (Wildman–Crippen LogP) is 3.05. The van der Waals surface area contributed by atoms with Crippen LogP contribution in [0.25, 0.3) is 0 Å². The van der Waals surface area contributed by atoms with Crippen molar-refractivity contribution in [3.8, 4) is 0 Å². The Kier molecular flexibility index (Phi) is 4.96. The second-order valence-electron chi connectivity index (χ2n) is 4.33. The summed E-state index contributed by atoms with van der Waals surface area (Å²) in [6, 6.07) is 10.5. The van der Waals surface area contributed by atoms with Crippen LogP contribution in [-0.2, 0) is 0 Å².